The zero-order chi connectivity index (χ0) is 12.1. The number of hydrogen-bond donors (Lipinski definition) is 2. The van der Waals surface area contributed by atoms with Crippen molar-refractivity contribution in [2.75, 3.05) is 33.3 Å². The summed E-state index contributed by atoms with van der Waals surface area (Å²) in [6.45, 7) is 3.96. The molecule has 1 saturated carbocycles. The van der Waals surface area contributed by atoms with Crippen LogP contribution in [-0.4, -0.2) is 49.3 Å². The highest BCUT2D eigenvalue weighted by Gasteiger charge is 2.27. The highest BCUT2D eigenvalue weighted by molar-refractivity contribution is 4.84. The molecule has 2 aliphatic rings. The van der Waals surface area contributed by atoms with E-state index >= 15 is 0 Å². The minimum Gasteiger partial charge on any atom is -0.396 e. The van der Waals surface area contributed by atoms with Gasteiger partial charge in [-0.2, -0.15) is 0 Å². The zero-order valence-corrected chi connectivity index (χ0v) is 11.2. The van der Waals surface area contributed by atoms with Gasteiger partial charge in [-0.05, 0) is 51.1 Å². The van der Waals surface area contributed by atoms with Crippen LogP contribution in [-0.2, 0) is 0 Å². The number of hydrogen-bond acceptors (Lipinski definition) is 3. The van der Waals surface area contributed by atoms with Crippen molar-refractivity contribution >= 4 is 0 Å². The molecule has 2 rings (SSSR count). The van der Waals surface area contributed by atoms with E-state index in [2.05, 4.69) is 17.3 Å². The summed E-state index contributed by atoms with van der Waals surface area (Å²) < 4.78 is 0. The van der Waals surface area contributed by atoms with E-state index in [-0.39, 0.29) is 0 Å². The molecule has 1 aliphatic carbocycles. The Kier molecular flexibility index (Phi) is 5.26. The molecule has 0 aromatic carbocycles. The molecule has 0 aromatic heterocycles. The average Bonchev–Trinajstić information content (AvgIpc) is 2.39. The number of likely N-dealkylation sites (tertiary alicyclic amines) is 1. The Hall–Kier alpha value is -0.120. The van der Waals surface area contributed by atoms with Crippen molar-refractivity contribution in [3.05, 3.63) is 0 Å². The van der Waals surface area contributed by atoms with Crippen molar-refractivity contribution in [2.45, 2.75) is 44.6 Å². The summed E-state index contributed by atoms with van der Waals surface area (Å²) in [7, 11) is 2.11. The van der Waals surface area contributed by atoms with E-state index in [1.165, 1.54) is 51.6 Å². The van der Waals surface area contributed by atoms with Crippen molar-refractivity contribution in [3.63, 3.8) is 0 Å². The average molecular weight is 240 g/mol. The second-order valence-corrected chi connectivity index (χ2v) is 5.89. The quantitative estimate of drug-likeness (QED) is 0.781. The van der Waals surface area contributed by atoms with E-state index in [4.69, 9.17) is 0 Å². The summed E-state index contributed by atoms with van der Waals surface area (Å²) in [5, 5.41) is 12.8. The summed E-state index contributed by atoms with van der Waals surface area (Å²) in [6, 6.07) is 0.721. The zero-order valence-electron chi connectivity index (χ0n) is 11.2. The smallest absolute Gasteiger partial charge is 0.0471 e. The minimum atomic E-state index is 0.372. The Bertz CT molecular complexity index is 222. The first kappa shape index (κ1) is 13.3. The van der Waals surface area contributed by atoms with Crippen LogP contribution >= 0.6 is 0 Å². The van der Waals surface area contributed by atoms with Gasteiger partial charge in [0.15, 0.2) is 0 Å². The van der Waals surface area contributed by atoms with E-state index in [1.807, 2.05) is 0 Å². The van der Waals surface area contributed by atoms with Crippen LogP contribution in [0.1, 0.15) is 38.5 Å². The Morgan fingerprint density at radius 1 is 1.18 bits per heavy atom. The first-order valence-corrected chi connectivity index (χ1v) is 7.34. The SMILES string of the molecule is CNC1CCCCC1CN1CCCC(CO)C1. The lowest BCUT2D eigenvalue weighted by Gasteiger charge is -2.38. The standard InChI is InChI=1S/C14H28N2O/c1-15-14-7-3-2-6-13(14)10-16-8-4-5-12(9-16)11-17/h12-15,17H,2-11H2,1H3. The van der Waals surface area contributed by atoms with E-state index in [0.717, 1.165) is 18.5 Å². The van der Waals surface area contributed by atoms with Crippen LogP contribution in [0.25, 0.3) is 0 Å². The molecule has 100 valence electrons. The van der Waals surface area contributed by atoms with Crippen molar-refractivity contribution in [1.29, 1.82) is 0 Å². The molecule has 3 heteroatoms. The predicted molar refractivity (Wildman–Crippen MR) is 71.1 cm³/mol. The number of nitrogens with one attached hydrogen (secondary N) is 1. The number of piperidine rings is 1. The first-order valence-electron chi connectivity index (χ1n) is 7.34. The van der Waals surface area contributed by atoms with Gasteiger partial charge in [0, 0.05) is 25.7 Å². The lowest BCUT2D eigenvalue weighted by Crippen LogP contribution is -2.46. The summed E-state index contributed by atoms with van der Waals surface area (Å²) in [4.78, 5) is 2.59. The molecule has 2 N–H and O–H groups in total. The van der Waals surface area contributed by atoms with E-state index in [1.54, 1.807) is 0 Å². The molecule has 1 heterocycles. The maximum Gasteiger partial charge on any atom is 0.0471 e. The van der Waals surface area contributed by atoms with Crippen molar-refractivity contribution in [3.8, 4) is 0 Å². The van der Waals surface area contributed by atoms with Gasteiger partial charge in [0.1, 0.15) is 0 Å². The molecule has 2 fully saturated rings. The monoisotopic (exact) mass is 240 g/mol. The normalized spacial score (nSPS) is 36.0. The second-order valence-electron chi connectivity index (χ2n) is 5.89. The Morgan fingerprint density at radius 3 is 2.76 bits per heavy atom. The summed E-state index contributed by atoms with van der Waals surface area (Å²) in [5.74, 6) is 1.35. The Labute approximate surface area is 106 Å². The Morgan fingerprint density at radius 2 is 2.00 bits per heavy atom. The molecule has 17 heavy (non-hydrogen) atoms. The fourth-order valence-corrected chi connectivity index (χ4v) is 3.60. The van der Waals surface area contributed by atoms with Gasteiger partial charge < -0.3 is 15.3 Å². The molecule has 3 nitrogen and oxygen atoms in total. The van der Waals surface area contributed by atoms with Crippen LogP contribution in [0.3, 0.4) is 0 Å². The van der Waals surface area contributed by atoms with Crippen LogP contribution in [0.4, 0.5) is 0 Å². The van der Waals surface area contributed by atoms with Gasteiger partial charge in [0.2, 0.25) is 0 Å². The number of aliphatic hydroxyl groups excluding tert-OH is 1. The van der Waals surface area contributed by atoms with Gasteiger partial charge >= 0.3 is 0 Å². The molecule has 0 spiro atoms. The summed E-state index contributed by atoms with van der Waals surface area (Å²) >= 11 is 0. The summed E-state index contributed by atoms with van der Waals surface area (Å²) in [6.07, 6.45) is 8.00. The van der Waals surface area contributed by atoms with Crippen LogP contribution in [0.5, 0.6) is 0 Å². The van der Waals surface area contributed by atoms with Crippen LogP contribution in [0, 0.1) is 11.8 Å². The molecular formula is C14H28N2O. The van der Waals surface area contributed by atoms with E-state index in [9.17, 15) is 5.11 Å². The van der Waals surface area contributed by atoms with Crippen molar-refractivity contribution in [2.24, 2.45) is 11.8 Å². The Balaban J connectivity index is 1.81. The lowest BCUT2D eigenvalue weighted by molar-refractivity contribution is 0.0930. The molecule has 1 aliphatic heterocycles. The summed E-state index contributed by atoms with van der Waals surface area (Å²) in [5.41, 5.74) is 0. The molecule has 3 unspecified atom stereocenters. The second kappa shape index (κ2) is 6.72. The lowest BCUT2D eigenvalue weighted by atomic mass is 9.83. The molecule has 0 radical (unpaired) electrons. The highest BCUT2D eigenvalue weighted by atomic mass is 16.3. The minimum absolute atomic E-state index is 0.372. The van der Waals surface area contributed by atoms with Gasteiger partial charge in [-0.3, -0.25) is 0 Å². The fourth-order valence-electron chi connectivity index (χ4n) is 3.60. The number of rotatable bonds is 4. The van der Waals surface area contributed by atoms with Crippen LogP contribution in [0.2, 0.25) is 0 Å². The maximum atomic E-state index is 9.27. The molecule has 0 amide bonds. The third-order valence-electron chi connectivity index (χ3n) is 4.63. The van der Waals surface area contributed by atoms with Gasteiger partial charge in [-0.25, -0.2) is 0 Å². The molecule has 3 atom stereocenters. The molecule has 0 bridgehead atoms. The van der Waals surface area contributed by atoms with Gasteiger partial charge in [0.05, 0.1) is 0 Å². The van der Waals surface area contributed by atoms with Crippen molar-refractivity contribution < 1.29 is 5.11 Å². The van der Waals surface area contributed by atoms with Gasteiger partial charge in [-0.1, -0.05) is 12.8 Å². The number of nitrogens with zero attached hydrogens (tertiary/aromatic N) is 1. The van der Waals surface area contributed by atoms with Gasteiger partial charge in [-0.15, -0.1) is 0 Å². The van der Waals surface area contributed by atoms with Crippen LogP contribution in [0.15, 0.2) is 0 Å². The predicted octanol–water partition coefficient (Wildman–Crippen LogP) is 1.47. The molecule has 1 saturated heterocycles. The number of aliphatic hydroxyl groups is 1. The maximum absolute atomic E-state index is 9.27. The topological polar surface area (TPSA) is 35.5 Å². The third-order valence-corrected chi connectivity index (χ3v) is 4.63. The molecular weight excluding hydrogens is 212 g/mol. The molecule has 0 aromatic rings. The van der Waals surface area contributed by atoms with E-state index in [0.29, 0.717) is 12.5 Å². The largest absolute Gasteiger partial charge is 0.396 e. The first-order chi connectivity index (χ1) is 8.33. The fraction of sp³-hybridized carbons (Fsp3) is 1.00. The highest BCUT2D eigenvalue weighted by Crippen LogP contribution is 2.26. The van der Waals surface area contributed by atoms with Crippen LogP contribution < -0.4 is 5.32 Å². The van der Waals surface area contributed by atoms with Crippen molar-refractivity contribution in [1.82, 2.24) is 10.2 Å². The third kappa shape index (κ3) is 3.67. The van der Waals surface area contributed by atoms with Gasteiger partial charge in [0.25, 0.3) is 0 Å². The van der Waals surface area contributed by atoms with E-state index < -0.39 is 0 Å².